The molecule has 0 aromatic heterocycles. The highest BCUT2D eigenvalue weighted by atomic mass is 16.5. The molecule has 0 fully saturated rings. The maximum atomic E-state index is 5.74. The van der Waals surface area contributed by atoms with Crippen LogP contribution < -0.4 is 0 Å². The van der Waals surface area contributed by atoms with Gasteiger partial charge in [-0.05, 0) is 11.1 Å². The van der Waals surface area contributed by atoms with Crippen molar-refractivity contribution < 1.29 is 4.74 Å². The molecule has 1 aliphatic heterocycles. The molecule has 0 saturated heterocycles. The molecule has 1 heterocycles. The lowest BCUT2D eigenvalue weighted by Crippen LogP contribution is -2.18. The van der Waals surface area contributed by atoms with Crippen molar-refractivity contribution in [1.82, 2.24) is 0 Å². The summed E-state index contributed by atoms with van der Waals surface area (Å²) in [5.41, 5.74) is 2.51. The molecule has 2 unspecified atom stereocenters. The van der Waals surface area contributed by atoms with Crippen LogP contribution in [0.15, 0.2) is 48.6 Å². The molecule has 74 valence electrons. The molecular weight excluding hydrogens is 184 g/mol. The van der Waals surface area contributed by atoms with Crippen LogP contribution in [0.5, 0.6) is 0 Å². The fraction of sp³-hybridized carbons (Fsp3) is 0.214. The summed E-state index contributed by atoms with van der Waals surface area (Å²) in [5, 5.41) is 0. The van der Waals surface area contributed by atoms with E-state index in [-0.39, 0.29) is 6.10 Å². The van der Waals surface area contributed by atoms with E-state index in [1.54, 1.807) is 0 Å². The number of fused-ring (bicyclic) bond motifs is 3. The minimum absolute atomic E-state index is 0.172. The maximum absolute atomic E-state index is 5.74. The zero-order valence-electron chi connectivity index (χ0n) is 8.39. The van der Waals surface area contributed by atoms with Crippen molar-refractivity contribution in [2.75, 3.05) is 6.61 Å². The maximum Gasteiger partial charge on any atom is 0.0862 e. The van der Waals surface area contributed by atoms with Gasteiger partial charge in [-0.25, -0.2) is 0 Å². The zero-order valence-corrected chi connectivity index (χ0v) is 8.39. The average molecular weight is 196 g/mol. The predicted octanol–water partition coefficient (Wildman–Crippen LogP) is 2.72. The largest absolute Gasteiger partial charge is 0.372 e. The Labute approximate surface area is 90.1 Å². The van der Waals surface area contributed by atoms with Crippen LogP contribution in [0.4, 0.5) is 0 Å². The Balaban J connectivity index is 2.08. The molecule has 1 aliphatic carbocycles. The quantitative estimate of drug-likeness (QED) is 0.620. The summed E-state index contributed by atoms with van der Waals surface area (Å²) in [6.07, 6.45) is 11.9. The van der Waals surface area contributed by atoms with Crippen LogP contribution in [0.3, 0.4) is 0 Å². The topological polar surface area (TPSA) is 9.23 Å². The van der Waals surface area contributed by atoms with E-state index >= 15 is 0 Å². The van der Waals surface area contributed by atoms with Crippen molar-refractivity contribution >= 4 is 0 Å². The third kappa shape index (κ3) is 1.53. The van der Waals surface area contributed by atoms with Gasteiger partial charge < -0.3 is 4.74 Å². The zero-order chi connectivity index (χ0) is 10.1. The molecule has 0 amide bonds. The van der Waals surface area contributed by atoms with Gasteiger partial charge in [0.05, 0.1) is 12.7 Å². The fourth-order valence-corrected chi connectivity index (χ4v) is 2.19. The summed E-state index contributed by atoms with van der Waals surface area (Å²) in [6, 6.07) is 8.40. The van der Waals surface area contributed by atoms with Crippen molar-refractivity contribution in [3.05, 3.63) is 66.1 Å². The first-order valence-electron chi connectivity index (χ1n) is 5.24. The molecule has 3 rings (SSSR count). The van der Waals surface area contributed by atoms with Crippen LogP contribution in [0.2, 0.25) is 0 Å². The smallest absolute Gasteiger partial charge is 0.0862 e. The predicted molar refractivity (Wildman–Crippen MR) is 59.5 cm³/mol. The van der Waals surface area contributed by atoms with Crippen molar-refractivity contribution in [2.24, 2.45) is 0 Å². The van der Waals surface area contributed by atoms with Gasteiger partial charge in [-0.15, -0.1) is 0 Å². The van der Waals surface area contributed by atoms with E-state index in [0.717, 1.165) is 0 Å². The normalized spacial score (nSPS) is 28.0. The molecule has 0 spiro atoms. The van der Waals surface area contributed by atoms with E-state index in [0.29, 0.717) is 12.5 Å². The molecule has 2 radical (unpaired) electrons. The lowest BCUT2D eigenvalue weighted by atomic mass is 9.87. The van der Waals surface area contributed by atoms with Crippen LogP contribution in [0, 0.1) is 6.42 Å². The second kappa shape index (κ2) is 3.67. The average Bonchev–Trinajstić information content (AvgIpc) is 2.48. The molecule has 0 bridgehead atoms. The molecule has 1 aromatic rings. The summed E-state index contributed by atoms with van der Waals surface area (Å²) < 4.78 is 5.74. The first-order chi connectivity index (χ1) is 7.45. The minimum Gasteiger partial charge on any atom is -0.372 e. The van der Waals surface area contributed by atoms with E-state index < -0.39 is 0 Å². The molecular formula is C14H12O. The van der Waals surface area contributed by atoms with E-state index in [4.69, 9.17) is 4.74 Å². The number of benzene rings is 1. The van der Waals surface area contributed by atoms with Crippen LogP contribution >= 0.6 is 0 Å². The van der Waals surface area contributed by atoms with E-state index in [9.17, 15) is 0 Å². The first kappa shape index (κ1) is 8.93. The Hall–Kier alpha value is -1.34. The first-order valence-corrected chi connectivity index (χ1v) is 5.24. The summed E-state index contributed by atoms with van der Waals surface area (Å²) >= 11 is 0. The minimum atomic E-state index is 0.172. The second-order valence-corrected chi connectivity index (χ2v) is 3.84. The van der Waals surface area contributed by atoms with Gasteiger partial charge in [0.25, 0.3) is 0 Å². The Morgan fingerprint density at radius 2 is 2.00 bits per heavy atom. The highest BCUT2D eigenvalue weighted by Crippen LogP contribution is 2.32. The number of hydrogen-bond donors (Lipinski definition) is 0. The molecule has 0 saturated carbocycles. The third-order valence-electron chi connectivity index (χ3n) is 2.94. The Morgan fingerprint density at radius 3 is 3.00 bits per heavy atom. The summed E-state index contributed by atoms with van der Waals surface area (Å²) in [5.74, 6) is 0.348. The number of allylic oxidation sites excluding steroid dienone is 2. The highest BCUT2D eigenvalue weighted by Gasteiger charge is 2.25. The van der Waals surface area contributed by atoms with Gasteiger partial charge >= 0.3 is 0 Å². The monoisotopic (exact) mass is 196 g/mol. The third-order valence-corrected chi connectivity index (χ3v) is 2.94. The van der Waals surface area contributed by atoms with Gasteiger partial charge in [-0.3, -0.25) is 0 Å². The van der Waals surface area contributed by atoms with Crippen molar-refractivity contribution in [1.29, 1.82) is 0 Å². The Kier molecular flexibility index (Phi) is 2.18. The van der Waals surface area contributed by atoms with Gasteiger partial charge in [0.15, 0.2) is 0 Å². The molecule has 2 aliphatic rings. The molecule has 15 heavy (non-hydrogen) atoms. The van der Waals surface area contributed by atoms with Gasteiger partial charge in [0.2, 0.25) is 0 Å². The van der Waals surface area contributed by atoms with Gasteiger partial charge in [0, 0.05) is 12.3 Å². The van der Waals surface area contributed by atoms with Crippen LogP contribution in [-0.4, -0.2) is 12.7 Å². The van der Waals surface area contributed by atoms with Gasteiger partial charge in [-0.1, -0.05) is 48.6 Å². The fourth-order valence-electron chi connectivity index (χ4n) is 2.19. The Bertz CT molecular complexity index is 417. The van der Waals surface area contributed by atoms with Crippen LogP contribution in [0.25, 0.3) is 0 Å². The highest BCUT2D eigenvalue weighted by molar-refractivity contribution is 5.42. The summed E-state index contributed by atoms with van der Waals surface area (Å²) in [4.78, 5) is 0. The Morgan fingerprint density at radius 1 is 1.13 bits per heavy atom. The van der Waals surface area contributed by atoms with E-state index in [1.807, 2.05) is 0 Å². The van der Waals surface area contributed by atoms with E-state index in [1.165, 1.54) is 11.1 Å². The SMILES string of the molecule is [C]1COC2C=CC=CC2c2ccccc21. The van der Waals surface area contributed by atoms with Gasteiger partial charge in [0.1, 0.15) is 0 Å². The van der Waals surface area contributed by atoms with Crippen molar-refractivity contribution in [2.45, 2.75) is 12.0 Å². The van der Waals surface area contributed by atoms with E-state index in [2.05, 4.69) is 55.0 Å². The van der Waals surface area contributed by atoms with Crippen molar-refractivity contribution in [3.8, 4) is 0 Å². The molecule has 1 nitrogen and oxygen atoms in total. The molecule has 2 atom stereocenters. The summed E-state index contributed by atoms with van der Waals surface area (Å²) in [7, 11) is 0. The number of ether oxygens (including phenoxy) is 1. The van der Waals surface area contributed by atoms with Gasteiger partial charge in [-0.2, -0.15) is 0 Å². The standard InChI is InChI=1S/C14H12O/c1-2-6-12-11(5-1)9-10-15-14-8-4-3-7-13(12)14/h1-8,13-14H,10H2. The number of rotatable bonds is 0. The van der Waals surface area contributed by atoms with Crippen LogP contribution in [0.1, 0.15) is 17.0 Å². The lowest BCUT2D eigenvalue weighted by Gasteiger charge is -2.22. The molecule has 0 N–H and O–H groups in total. The second-order valence-electron chi connectivity index (χ2n) is 3.84. The van der Waals surface area contributed by atoms with Crippen LogP contribution in [-0.2, 0) is 4.74 Å². The molecule has 1 heteroatoms. The molecule has 1 aromatic carbocycles. The lowest BCUT2D eigenvalue weighted by molar-refractivity contribution is 0.0972. The number of hydrogen-bond acceptors (Lipinski definition) is 1. The van der Waals surface area contributed by atoms with Crippen molar-refractivity contribution in [3.63, 3.8) is 0 Å². The summed E-state index contributed by atoms with van der Waals surface area (Å²) in [6.45, 7) is 0.580.